The molecule has 5 aromatic rings. The van der Waals surface area contributed by atoms with Gasteiger partial charge in [-0.15, -0.1) is 10.2 Å². The van der Waals surface area contributed by atoms with E-state index in [2.05, 4.69) is 39.6 Å². The molecule has 158 valence electrons. The Bertz CT molecular complexity index is 1250. The van der Waals surface area contributed by atoms with Gasteiger partial charge in [-0.05, 0) is 30.2 Å². The summed E-state index contributed by atoms with van der Waals surface area (Å²) in [7, 11) is 0. The zero-order chi connectivity index (χ0) is 21.8. The summed E-state index contributed by atoms with van der Waals surface area (Å²) in [4.78, 5) is 4.73. The fourth-order valence-corrected chi connectivity index (χ4v) is 4.50. The van der Waals surface area contributed by atoms with E-state index in [0.717, 1.165) is 27.8 Å². The van der Waals surface area contributed by atoms with Crippen molar-refractivity contribution >= 4 is 11.8 Å². The number of hydrogen-bond acceptors (Lipinski definition) is 6. The number of para-hydroxylation sites is 1. The van der Waals surface area contributed by atoms with Gasteiger partial charge in [0.15, 0.2) is 11.0 Å². The molecule has 3 aromatic carbocycles. The SMILES string of the molecule is Cc1nnc(SCc2nc(C(c3ccccc3)c3ccccc3)no2)n1-c1ccccc1. The van der Waals surface area contributed by atoms with Gasteiger partial charge in [0.25, 0.3) is 0 Å². The van der Waals surface area contributed by atoms with Crippen molar-refractivity contribution in [2.45, 2.75) is 23.8 Å². The number of aromatic nitrogens is 5. The Hall–Kier alpha value is -3.71. The highest BCUT2D eigenvalue weighted by Gasteiger charge is 2.23. The van der Waals surface area contributed by atoms with Crippen molar-refractivity contribution in [1.82, 2.24) is 24.9 Å². The zero-order valence-electron chi connectivity index (χ0n) is 17.5. The van der Waals surface area contributed by atoms with E-state index in [-0.39, 0.29) is 5.92 Å². The average molecular weight is 440 g/mol. The molecule has 7 heteroatoms. The lowest BCUT2D eigenvalue weighted by atomic mass is 9.91. The number of nitrogens with zero attached hydrogens (tertiary/aromatic N) is 5. The van der Waals surface area contributed by atoms with Crippen LogP contribution in [-0.4, -0.2) is 24.9 Å². The van der Waals surface area contributed by atoms with E-state index < -0.39 is 0 Å². The monoisotopic (exact) mass is 439 g/mol. The maximum absolute atomic E-state index is 5.62. The molecule has 32 heavy (non-hydrogen) atoms. The Balaban J connectivity index is 1.40. The molecule has 0 bridgehead atoms. The van der Waals surface area contributed by atoms with Gasteiger partial charge in [0.2, 0.25) is 5.89 Å². The zero-order valence-corrected chi connectivity index (χ0v) is 18.3. The molecule has 0 fully saturated rings. The molecule has 0 spiro atoms. The van der Waals surface area contributed by atoms with Gasteiger partial charge >= 0.3 is 0 Å². The van der Waals surface area contributed by atoms with Crippen molar-refractivity contribution in [2.24, 2.45) is 0 Å². The smallest absolute Gasteiger partial charge is 0.237 e. The molecule has 2 heterocycles. The van der Waals surface area contributed by atoms with Crippen molar-refractivity contribution in [3.63, 3.8) is 0 Å². The summed E-state index contributed by atoms with van der Waals surface area (Å²) in [5, 5.41) is 13.7. The number of hydrogen-bond donors (Lipinski definition) is 0. The van der Waals surface area contributed by atoms with Crippen molar-refractivity contribution in [3.8, 4) is 5.69 Å². The Kier molecular flexibility index (Phi) is 5.81. The van der Waals surface area contributed by atoms with E-state index in [4.69, 9.17) is 9.51 Å². The topological polar surface area (TPSA) is 69.6 Å². The summed E-state index contributed by atoms with van der Waals surface area (Å²) in [6.45, 7) is 1.94. The van der Waals surface area contributed by atoms with E-state index >= 15 is 0 Å². The maximum atomic E-state index is 5.62. The molecule has 6 nitrogen and oxygen atoms in total. The lowest BCUT2D eigenvalue weighted by molar-refractivity contribution is 0.384. The second-order valence-corrected chi connectivity index (χ2v) is 8.23. The number of thioether (sulfide) groups is 1. The van der Waals surface area contributed by atoms with Crippen LogP contribution in [0.15, 0.2) is 101 Å². The first-order valence-electron chi connectivity index (χ1n) is 10.3. The minimum atomic E-state index is -0.0879. The average Bonchev–Trinajstić information content (AvgIpc) is 3.46. The van der Waals surface area contributed by atoms with E-state index in [1.54, 1.807) is 0 Å². The fraction of sp³-hybridized carbons (Fsp3) is 0.120. The highest BCUT2D eigenvalue weighted by molar-refractivity contribution is 7.98. The van der Waals surface area contributed by atoms with Crippen LogP contribution in [0.3, 0.4) is 0 Å². The summed E-state index contributed by atoms with van der Waals surface area (Å²) in [6, 6.07) is 30.6. The van der Waals surface area contributed by atoms with Gasteiger partial charge in [-0.1, -0.05) is 95.8 Å². The molecule has 0 saturated carbocycles. The van der Waals surface area contributed by atoms with Gasteiger partial charge in [-0.2, -0.15) is 4.98 Å². The molecule has 0 radical (unpaired) electrons. The van der Waals surface area contributed by atoms with Crippen LogP contribution in [0.5, 0.6) is 0 Å². The van der Waals surface area contributed by atoms with Crippen LogP contribution >= 0.6 is 11.8 Å². The third kappa shape index (κ3) is 4.20. The van der Waals surface area contributed by atoms with Crippen molar-refractivity contribution < 1.29 is 4.52 Å². The van der Waals surface area contributed by atoms with Gasteiger partial charge in [-0.25, -0.2) is 0 Å². The Morgan fingerprint density at radius 2 is 1.41 bits per heavy atom. The molecule has 5 rings (SSSR count). The van der Waals surface area contributed by atoms with E-state index in [1.807, 2.05) is 78.2 Å². The molecule has 0 amide bonds. The van der Waals surface area contributed by atoms with Gasteiger partial charge < -0.3 is 4.52 Å². The molecule has 0 saturated heterocycles. The largest absolute Gasteiger partial charge is 0.338 e. The maximum Gasteiger partial charge on any atom is 0.237 e. The number of aryl methyl sites for hydroxylation is 1. The van der Waals surface area contributed by atoms with Crippen molar-refractivity contribution in [3.05, 3.63) is 120 Å². The molecular formula is C25H21N5OS. The Morgan fingerprint density at radius 3 is 2.03 bits per heavy atom. The Labute approximate surface area is 190 Å². The molecule has 0 N–H and O–H groups in total. The second kappa shape index (κ2) is 9.20. The van der Waals surface area contributed by atoms with Crippen molar-refractivity contribution in [2.75, 3.05) is 0 Å². The van der Waals surface area contributed by atoms with E-state index in [9.17, 15) is 0 Å². The molecule has 0 aliphatic carbocycles. The molecule has 0 unspecified atom stereocenters. The van der Waals surface area contributed by atoms with Crippen LogP contribution in [0.4, 0.5) is 0 Å². The quantitative estimate of drug-likeness (QED) is 0.315. The first-order valence-corrected chi connectivity index (χ1v) is 11.3. The Morgan fingerprint density at radius 1 is 0.812 bits per heavy atom. The number of rotatable bonds is 7. The van der Waals surface area contributed by atoms with E-state index in [0.29, 0.717) is 17.5 Å². The summed E-state index contributed by atoms with van der Waals surface area (Å²) in [5.41, 5.74) is 3.27. The molecular weight excluding hydrogens is 418 g/mol. The molecule has 2 aromatic heterocycles. The van der Waals surface area contributed by atoms with Gasteiger partial charge in [0.05, 0.1) is 11.7 Å². The van der Waals surface area contributed by atoms with Crippen LogP contribution in [0.2, 0.25) is 0 Å². The highest BCUT2D eigenvalue weighted by Crippen LogP contribution is 2.31. The van der Waals surface area contributed by atoms with E-state index in [1.165, 1.54) is 11.8 Å². The summed E-state index contributed by atoms with van der Waals surface area (Å²) in [5.74, 6) is 2.46. The third-order valence-electron chi connectivity index (χ3n) is 5.14. The predicted molar refractivity (Wildman–Crippen MR) is 124 cm³/mol. The lowest BCUT2D eigenvalue weighted by Crippen LogP contribution is -2.05. The molecule has 0 aliphatic heterocycles. The van der Waals surface area contributed by atoms with Gasteiger partial charge in [0.1, 0.15) is 5.82 Å². The van der Waals surface area contributed by atoms with Crippen LogP contribution in [0.25, 0.3) is 5.69 Å². The fourth-order valence-electron chi connectivity index (χ4n) is 3.66. The van der Waals surface area contributed by atoms with Crippen LogP contribution < -0.4 is 0 Å². The summed E-state index contributed by atoms with van der Waals surface area (Å²) in [6.07, 6.45) is 0. The standard InChI is InChI=1S/C25H21N5OS/c1-18-27-28-25(30(18)21-15-9-4-10-16-21)32-17-22-26-24(29-31-22)23(19-11-5-2-6-12-19)20-13-7-3-8-14-20/h2-16,23H,17H2,1H3. The first kappa shape index (κ1) is 20.2. The van der Waals surface area contributed by atoms with Crippen molar-refractivity contribution in [1.29, 1.82) is 0 Å². The minimum Gasteiger partial charge on any atom is -0.338 e. The molecule has 0 atom stereocenters. The predicted octanol–water partition coefficient (Wildman–Crippen LogP) is 5.43. The summed E-state index contributed by atoms with van der Waals surface area (Å²) < 4.78 is 7.65. The highest BCUT2D eigenvalue weighted by atomic mass is 32.2. The summed E-state index contributed by atoms with van der Waals surface area (Å²) >= 11 is 1.53. The van der Waals surface area contributed by atoms with Crippen LogP contribution in [0.1, 0.15) is 34.6 Å². The van der Waals surface area contributed by atoms with Crippen LogP contribution in [0, 0.1) is 6.92 Å². The second-order valence-electron chi connectivity index (χ2n) is 7.29. The lowest BCUT2D eigenvalue weighted by Gasteiger charge is -2.14. The normalized spacial score (nSPS) is 11.2. The van der Waals surface area contributed by atoms with Crippen LogP contribution in [-0.2, 0) is 5.75 Å². The third-order valence-corrected chi connectivity index (χ3v) is 6.06. The minimum absolute atomic E-state index is 0.0879. The number of benzene rings is 3. The van der Waals surface area contributed by atoms with Gasteiger partial charge in [-0.3, -0.25) is 4.57 Å². The van der Waals surface area contributed by atoms with Gasteiger partial charge in [0, 0.05) is 5.69 Å². The first-order chi connectivity index (χ1) is 15.8. The molecule has 0 aliphatic rings.